The summed E-state index contributed by atoms with van der Waals surface area (Å²) in [5.41, 5.74) is 7.79. The van der Waals surface area contributed by atoms with E-state index in [0.29, 0.717) is 0 Å². The molecule has 126 valence electrons. The number of hydrogen-bond acceptors (Lipinski definition) is 6. The highest BCUT2D eigenvalue weighted by molar-refractivity contribution is 5.79. The number of anilines is 1. The lowest BCUT2D eigenvalue weighted by Crippen LogP contribution is -2.28. The molecule has 0 spiro atoms. The van der Waals surface area contributed by atoms with E-state index in [9.17, 15) is 9.59 Å². The lowest BCUT2D eigenvalue weighted by atomic mass is 10.1. The molecule has 1 atom stereocenters. The van der Waals surface area contributed by atoms with Crippen LogP contribution in [-0.2, 0) is 14.3 Å². The number of nitrogens with one attached hydrogen (secondary N) is 1. The molecule has 0 fully saturated rings. The fourth-order valence-electron chi connectivity index (χ4n) is 1.52. The van der Waals surface area contributed by atoms with Gasteiger partial charge in [0, 0.05) is 5.69 Å². The highest BCUT2D eigenvalue weighted by atomic mass is 16.5. The molecule has 0 saturated heterocycles. The van der Waals surface area contributed by atoms with Gasteiger partial charge in [-0.05, 0) is 38.0 Å². The Bertz CT molecular complexity index is 567. The van der Waals surface area contributed by atoms with E-state index in [2.05, 4.69) is 11.1 Å². The molecule has 0 aliphatic carbocycles. The summed E-state index contributed by atoms with van der Waals surface area (Å²) in [5, 5.41) is 19.1. The van der Waals surface area contributed by atoms with Crippen LogP contribution in [0.25, 0.3) is 0 Å². The van der Waals surface area contributed by atoms with Gasteiger partial charge < -0.3 is 20.9 Å². The highest BCUT2D eigenvalue weighted by Crippen LogP contribution is 2.18. The van der Waals surface area contributed by atoms with Crippen LogP contribution in [0.15, 0.2) is 18.2 Å². The predicted molar refractivity (Wildman–Crippen MR) is 86.9 cm³/mol. The van der Waals surface area contributed by atoms with E-state index in [-0.39, 0.29) is 25.5 Å². The minimum absolute atomic E-state index is 0.147. The van der Waals surface area contributed by atoms with Gasteiger partial charge >= 0.3 is 11.9 Å². The van der Waals surface area contributed by atoms with E-state index in [1.807, 2.05) is 38.1 Å². The monoisotopic (exact) mass is 321 g/mol. The number of benzene rings is 1. The number of rotatable bonds is 6. The number of carbonyl (C=O) groups excluding carboxylic acids is 1. The van der Waals surface area contributed by atoms with Crippen LogP contribution in [0, 0.1) is 25.2 Å². The van der Waals surface area contributed by atoms with E-state index in [1.54, 1.807) is 6.92 Å². The summed E-state index contributed by atoms with van der Waals surface area (Å²) in [6.07, 6.45) is 0.224. The summed E-state index contributed by atoms with van der Waals surface area (Å²) in [6, 6.07) is 7.40. The van der Waals surface area contributed by atoms with Crippen molar-refractivity contribution < 1.29 is 19.4 Å². The number of ether oxygens (including phenoxy) is 1. The first kappa shape index (κ1) is 20.4. The predicted octanol–water partition coefficient (Wildman–Crippen LogP) is 1.59. The molecule has 1 aromatic carbocycles. The van der Waals surface area contributed by atoms with Crippen molar-refractivity contribution in [3.63, 3.8) is 0 Å². The van der Waals surface area contributed by atoms with Crippen LogP contribution < -0.4 is 11.1 Å². The van der Waals surface area contributed by atoms with E-state index in [1.165, 1.54) is 5.56 Å². The molecule has 0 heterocycles. The van der Waals surface area contributed by atoms with Gasteiger partial charge in [0.1, 0.15) is 12.6 Å². The summed E-state index contributed by atoms with van der Waals surface area (Å²) < 4.78 is 4.96. The Hall–Kier alpha value is -2.59. The van der Waals surface area contributed by atoms with Crippen LogP contribution in [0.4, 0.5) is 5.69 Å². The topological polar surface area (TPSA) is 125 Å². The lowest BCUT2D eigenvalue weighted by molar-refractivity contribution is -0.144. The van der Waals surface area contributed by atoms with Crippen molar-refractivity contribution in [1.82, 2.24) is 0 Å². The summed E-state index contributed by atoms with van der Waals surface area (Å²) >= 11 is 0. The van der Waals surface area contributed by atoms with Crippen LogP contribution in [-0.4, -0.2) is 36.2 Å². The number of nitriles is 1. The number of aryl methyl sites for hydroxylation is 1. The second kappa shape index (κ2) is 11.0. The quantitative estimate of drug-likeness (QED) is 0.536. The molecule has 0 aliphatic heterocycles. The SMILES string of the molecule is Cc1cccc(N[C@@H](C)C(=O)OCCC#N)c1C.NCC(=O)O. The third-order valence-electron chi connectivity index (χ3n) is 2.96. The molecule has 7 heteroatoms. The van der Waals surface area contributed by atoms with E-state index < -0.39 is 12.0 Å². The maximum absolute atomic E-state index is 11.6. The van der Waals surface area contributed by atoms with E-state index in [0.717, 1.165) is 11.3 Å². The van der Waals surface area contributed by atoms with Crippen LogP contribution in [0.5, 0.6) is 0 Å². The van der Waals surface area contributed by atoms with Crippen LogP contribution in [0.1, 0.15) is 24.5 Å². The molecule has 0 saturated carbocycles. The molecule has 0 radical (unpaired) electrons. The molecular weight excluding hydrogens is 298 g/mol. The van der Waals surface area contributed by atoms with Gasteiger partial charge in [-0.1, -0.05) is 12.1 Å². The van der Waals surface area contributed by atoms with Crippen molar-refractivity contribution in [2.45, 2.75) is 33.2 Å². The van der Waals surface area contributed by atoms with E-state index >= 15 is 0 Å². The maximum Gasteiger partial charge on any atom is 0.328 e. The Labute approximate surface area is 136 Å². The lowest BCUT2D eigenvalue weighted by Gasteiger charge is -2.16. The molecule has 7 nitrogen and oxygen atoms in total. The van der Waals surface area contributed by atoms with Gasteiger partial charge in [0.2, 0.25) is 0 Å². The minimum Gasteiger partial charge on any atom is -0.480 e. The number of nitrogens with zero attached hydrogens (tertiary/aromatic N) is 1. The first-order chi connectivity index (χ1) is 10.8. The first-order valence-electron chi connectivity index (χ1n) is 7.11. The zero-order valence-electron chi connectivity index (χ0n) is 13.6. The van der Waals surface area contributed by atoms with Gasteiger partial charge in [0.25, 0.3) is 0 Å². The normalized spacial score (nSPS) is 10.6. The Kier molecular flexibility index (Phi) is 9.80. The van der Waals surface area contributed by atoms with Gasteiger partial charge in [-0.25, -0.2) is 4.79 Å². The molecule has 0 bridgehead atoms. The van der Waals surface area contributed by atoms with Crippen molar-refractivity contribution in [3.8, 4) is 6.07 Å². The molecule has 0 aromatic heterocycles. The molecule has 1 aromatic rings. The highest BCUT2D eigenvalue weighted by Gasteiger charge is 2.15. The fraction of sp³-hybridized carbons (Fsp3) is 0.438. The summed E-state index contributed by atoms with van der Waals surface area (Å²) in [6.45, 7) is 5.65. The number of nitrogens with two attached hydrogens (primary N) is 1. The van der Waals surface area contributed by atoms with E-state index in [4.69, 9.17) is 15.1 Å². The summed E-state index contributed by atoms with van der Waals surface area (Å²) in [4.78, 5) is 20.9. The number of carboxylic acid groups (broad SMARTS) is 1. The van der Waals surface area contributed by atoms with Gasteiger partial charge in [-0.2, -0.15) is 5.26 Å². The summed E-state index contributed by atoms with van der Waals surface area (Å²) in [5.74, 6) is -1.31. The van der Waals surface area contributed by atoms with Gasteiger partial charge in [-0.3, -0.25) is 4.79 Å². The van der Waals surface area contributed by atoms with Crippen LogP contribution in [0.3, 0.4) is 0 Å². The molecule has 4 N–H and O–H groups in total. The molecule has 0 amide bonds. The van der Waals surface area contributed by atoms with Gasteiger partial charge in [0.15, 0.2) is 0 Å². The second-order valence-corrected chi connectivity index (χ2v) is 4.79. The first-order valence-corrected chi connectivity index (χ1v) is 7.11. The standard InChI is InChI=1S/C14H18N2O2.C2H5NO2/c1-10-6-4-7-13(11(10)2)16-12(3)14(17)18-9-5-8-15;3-1-2(4)5/h4,6-7,12,16H,5,9H2,1-3H3;1,3H2,(H,4,5)/t12-;/m0./s1. The number of esters is 1. The average molecular weight is 321 g/mol. The van der Waals surface area contributed by atoms with Gasteiger partial charge in [0.05, 0.1) is 19.0 Å². The molecule has 23 heavy (non-hydrogen) atoms. The van der Waals surface area contributed by atoms with Crippen LogP contribution in [0.2, 0.25) is 0 Å². The molecule has 1 rings (SSSR count). The molecule has 0 unspecified atom stereocenters. The van der Waals surface area contributed by atoms with Crippen molar-refractivity contribution in [1.29, 1.82) is 5.26 Å². The minimum atomic E-state index is -0.968. The Balaban J connectivity index is 0.000000841. The Morgan fingerprint density at radius 3 is 2.57 bits per heavy atom. The third-order valence-corrected chi connectivity index (χ3v) is 2.96. The second-order valence-electron chi connectivity index (χ2n) is 4.79. The third kappa shape index (κ3) is 8.44. The average Bonchev–Trinajstić information content (AvgIpc) is 2.52. The zero-order chi connectivity index (χ0) is 17.8. The smallest absolute Gasteiger partial charge is 0.328 e. The maximum atomic E-state index is 11.6. The number of aliphatic carboxylic acids is 1. The van der Waals surface area contributed by atoms with Crippen molar-refractivity contribution in [2.24, 2.45) is 5.73 Å². The Morgan fingerprint density at radius 2 is 2.04 bits per heavy atom. The number of carbonyl (C=O) groups is 2. The fourth-order valence-corrected chi connectivity index (χ4v) is 1.52. The zero-order valence-corrected chi connectivity index (χ0v) is 13.6. The largest absolute Gasteiger partial charge is 0.480 e. The van der Waals surface area contributed by atoms with Crippen molar-refractivity contribution in [2.75, 3.05) is 18.5 Å². The van der Waals surface area contributed by atoms with Crippen molar-refractivity contribution >= 4 is 17.6 Å². The summed E-state index contributed by atoms with van der Waals surface area (Å²) in [7, 11) is 0. The number of hydrogen-bond donors (Lipinski definition) is 3. The Morgan fingerprint density at radius 1 is 1.43 bits per heavy atom. The molecule has 0 aliphatic rings. The van der Waals surface area contributed by atoms with Crippen molar-refractivity contribution in [3.05, 3.63) is 29.3 Å². The van der Waals surface area contributed by atoms with Crippen LogP contribution >= 0.6 is 0 Å². The number of carboxylic acids is 1. The van der Waals surface area contributed by atoms with Gasteiger partial charge in [-0.15, -0.1) is 0 Å². The molecular formula is C16H23N3O4.